The molecule has 0 saturated carbocycles. The first-order chi connectivity index (χ1) is 10.2. The molecule has 2 heterocycles. The van der Waals surface area contributed by atoms with Crippen LogP contribution < -0.4 is 16.0 Å². The van der Waals surface area contributed by atoms with Crippen molar-refractivity contribution in [1.82, 2.24) is 30.4 Å². The standard InChI is InChI=1S/C13H19N7O/c1-14-12(10-7-19-20(2)9-10)13(21)18-6-5-17-11-8-15-3-4-16-11/h3-4,7-9,12,14H,5-6H2,1-2H3,(H,16,17)(H,18,21). The van der Waals surface area contributed by atoms with Crippen LogP contribution in [0, 0.1) is 0 Å². The Labute approximate surface area is 123 Å². The van der Waals surface area contributed by atoms with Gasteiger partial charge in [-0.25, -0.2) is 4.98 Å². The number of aromatic nitrogens is 4. The Hall–Kier alpha value is -2.48. The van der Waals surface area contributed by atoms with Gasteiger partial charge in [-0.15, -0.1) is 0 Å². The SMILES string of the molecule is CNC(C(=O)NCCNc1cnccn1)c1cnn(C)c1. The predicted molar refractivity (Wildman–Crippen MR) is 78.5 cm³/mol. The van der Waals surface area contributed by atoms with Gasteiger partial charge in [-0.3, -0.25) is 14.5 Å². The molecule has 8 nitrogen and oxygen atoms in total. The molecule has 1 amide bonds. The van der Waals surface area contributed by atoms with Crippen LogP contribution in [0.15, 0.2) is 31.0 Å². The summed E-state index contributed by atoms with van der Waals surface area (Å²) in [6.45, 7) is 1.07. The molecule has 0 aliphatic heterocycles. The Balaban J connectivity index is 1.78. The van der Waals surface area contributed by atoms with E-state index in [0.717, 1.165) is 5.56 Å². The number of hydrogen-bond acceptors (Lipinski definition) is 6. The van der Waals surface area contributed by atoms with Gasteiger partial charge in [0.2, 0.25) is 5.91 Å². The Morgan fingerprint density at radius 2 is 2.19 bits per heavy atom. The molecule has 1 unspecified atom stereocenters. The van der Waals surface area contributed by atoms with Gasteiger partial charge in [0, 0.05) is 44.3 Å². The van der Waals surface area contributed by atoms with Gasteiger partial charge in [0.15, 0.2) is 0 Å². The molecular formula is C13H19N7O. The molecule has 2 aromatic heterocycles. The lowest BCUT2D eigenvalue weighted by atomic mass is 10.1. The maximum Gasteiger partial charge on any atom is 0.241 e. The highest BCUT2D eigenvalue weighted by Gasteiger charge is 2.19. The number of nitrogens with zero attached hydrogens (tertiary/aromatic N) is 4. The van der Waals surface area contributed by atoms with Crippen LogP contribution in [-0.4, -0.2) is 45.8 Å². The van der Waals surface area contributed by atoms with Crippen molar-refractivity contribution >= 4 is 11.7 Å². The molecule has 2 aromatic rings. The maximum absolute atomic E-state index is 12.1. The fourth-order valence-electron chi connectivity index (χ4n) is 1.91. The summed E-state index contributed by atoms with van der Waals surface area (Å²) in [6.07, 6.45) is 8.35. The van der Waals surface area contributed by atoms with Gasteiger partial charge in [0.25, 0.3) is 0 Å². The average molecular weight is 289 g/mol. The molecule has 0 aliphatic carbocycles. The van der Waals surface area contributed by atoms with E-state index in [9.17, 15) is 4.79 Å². The van der Waals surface area contributed by atoms with E-state index in [1.165, 1.54) is 0 Å². The van der Waals surface area contributed by atoms with E-state index in [2.05, 4.69) is 31.0 Å². The highest BCUT2D eigenvalue weighted by atomic mass is 16.2. The van der Waals surface area contributed by atoms with E-state index in [1.807, 2.05) is 13.2 Å². The Kier molecular flexibility index (Phi) is 5.22. The van der Waals surface area contributed by atoms with E-state index in [0.29, 0.717) is 18.9 Å². The predicted octanol–water partition coefficient (Wildman–Crippen LogP) is -0.301. The second kappa shape index (κ2) is 7.34. The van der Waals surface area contributed by atoms with Crippen molar-refractivity contribution in [2.75, 3.05) is 25.5 Å². The van der Waals surface area contributed by atoms with Gasteiger partial charge in [0.05, 0.1) is 12.4 Å². The summed E-state index contributed by atoms with van der Waals surface area (Å²) in [5.41, 5.74) is 0.833. The lowest BCUT2D eigenvalue weighted by Crippen LogP contribution is -2.38. The van der Waals surface area contributed by atoms with Crippen molar-refractivity contribution in [3.05, 3.63) is 36.5 Å². The van der Waals surface area contributed by atoms with Crippen molar-refractivity contribution in [3.8, 4) is 0 Å². The molecule has 0 aromatic carbocycles. The van der Waals surface area contributed by atoms with Crippen LogP contribution >= 0.6 is 0 Å². The van der Waals surface area contributed by atoms with Gasteiger partial charge in [0.1, 0.15) is 11.9 Å². The minimum atomic E-state index is -0.407. The minimum absolute atomic E-state index is 0.0913. The molecule has 112 valence electrons. The second-order valence-electron chi connectivity index (χ2n) is 4.48. The molecular weight excluding hydrogens is 270 g/mol. The van der Waals surface area contributed by atoms with Crippen molar-refractivity contribution in [2.45, 2.75) is 6.04 Å². The van der Waals surface area contributed by atoms with Crippen LogP contribution in [0.1, 0.15) is 11.6 Å². The molecule has 3 N–H and O–H groups in total. The van der Waals surface area contributed by atoms with Crippen molar-refractivity contribution in [2.24, 2.45) is 7.05 Å². The first-order valence-corrected chi connectivity index (χ1v) is 6.64. The van der Waals surface area contributed by atoms with E-state index in [-0.39, 0.29) is 5.91 Å². The highest BCUT2D eigenvalue weighted by Crippen LogP contribution is 2.10. The number of hydrogen-bond donors (Lipinski definition) is 3. The summed E-state index contributed by atoms with van der Waals surface area (Å²) in [5.74, 6) is 0.593. The largest absolute Gasteiger partial charge is 0.367 e. The zero-order valence-electron chi connectivity index (χ0n) is 12.1. The lowest BCUT2D eigenvalue weighted by molar-refractivity contribution is -0.123. The molecule has 0 bridgehead atoms. The number of carbonyl (C=O) groups is 1. The van der Waals surface area contributed by atoms with Crippen molar-refractivity contribution in [1.29, 1.82) is 0 Å². The van der Waals surface area contributed by atoms with Crippen LogP contribution in [0.5, 0.6) is 0 Å². The first kappa shape index (κ1) is 14.9. The van der Waals surface area contributed by atoms with Gasteiger partial charge in [-0.1, -0.05) is 0 Å². The summed E-state index contributed by atoms with van der Waals surface area (Å²) in [7, 11) is 3.56. The van der Waals surface area contributed by atoms with E-state index < -0.39 is 6.04 Å². The van der Waals surface area contributed by atoms with Crippen molar-refractivity contribution < 1.29 is 4.79 Å². The Morgan fingerprint density at radius 1 is 1.33 bits per heavy atom. The molecule has 21 heavy (non-hydrogen) atoms. The number of likely N-dealkylation sites (N-methyl/N-ethyl adjacent to an activating group) is 1. The van der Waals surface area contributed by atoms with Crippen molar-refractivity contribution in [3.63, 3.8) is 0 Å². The monoisotopic (exact) mass is 289 g/mol. The van der Waals surface area contributed by atoms with Crippen LogP contribution in [-0.2, 0) is 11.8 Å². The highest BCUT2D eigenvalue weighted by molar-refractivity contribution is 5.83. The molecule has 0 saturated heterocycles. The quantitative estimate of drug-likeness (QED) is 0.606. The van der Waals surface area contributed by atoms with Crippen LogP contribution in [0.3, 0.4) is 0 Å². The number of amides is 1. The van der Waals surface area contributed by atoms with Gasteiger partial charge in [-0.2, -0.15) is 5.10 Å². The summed E-state index contributed by atoms with van der Waals surface area (Å²) in [5, 5.41) is 13.0. The van der Waals surface area contributed by atoms with Crippen LogP contribution in [0.4, 0.5) is 5.82 Å². The average Bonchev–Trinajstić information content (AvgIpc) is 2.92. The summed E-state index contributed by atoms with van der Waals surface area (Å²) >= 11 is 0. The second-order valence-corrected chi connectivity index (χ2v) is 4.48. The summed E-state index contributed by atoms with van der Waals surface area (Å²) in [4.78, 5) is 20.2. The number of aryl methyl sites for hydroxylation is 1. The fraction of sp³-hybridized carbons (Fsp3) is 0.385. The molecule has 0 aliphatic rings. The van der Waals surface area contributed by atoms with Crippen LogP contribution in [0.25, 0.3) is 0 Å². The zero-order valence-corrected chi connectivity index (χ0v) is 12.1. The number of rotatable bonds is 7. The third kappa shape index (κ3) is 4.25. The zero-order chi connectivity index (χ0) is 15.1. The molecule has 8 heteroatoms. The van der Waals surface area contributed by atoms with Gasteiger partial charge < -0.3 is 16.0 Å². The third-order valence-electron chi connectivity index (χ3n) is 2.90. The fourth-order valence-corrected chi connectivity index (χ4v) is 1.91. The molecule has 0 radical (unpaired) electrons. The van der Waals surface area contributed by atoms with Gasteiger partial charge >= 0.3 is 0 Å². The van der Waals surface area contributed by atoms with E-state index in [4.69, 9.17) is 0 Å². The molecule has 1 atom stereocenters. The van der Waals surface area contributed by atoms with Gasteiger partial charge in [-0.05, 0) is 7.05 Å². The van der Waals surface area contributed by atoms with E-state index >= 15 is 0 Å². The molecule has 0 spiro atoms. The smallest absolute Gasteiger partial charge is 0.241 e. The number of anilines is 1. The maximum atomic E-state index is 12.1. The molecule has 2 rings (SSSR count). The molecule has 0 fully saturated rings. The Morgan fingerprint density at radius 3 is 2.81 bits per heavy atom. The topological polar surface area (TPSA) is 96.8 Å². The Bertz CT molecular complexity index is 569. The summed E-state index contributed by atoms with van der Waals surface area (Å²) < 4.78 is 1.67. The minimum Gasteiger partial charge on any atom is -0.367 e. The number of nitrogens with one attached hydrogen (secondary N) is 3. The third-order valence-corrected chi connectivity index (χ3v) is 2.90. The van der Waals surface area contributed by atoms with E-state index in [1.54, 1.807) is 36.5 Å². The van der Waals surface area contributed by atoms with Crippen LogP contribution in [0.2, 0.25) is 0 Å². The normalized spacial score (nSPS) is 11.9. The lowest BCUT2D eigenvalue weighted by Gasteiger charge is -2.14. The summed E-state index contributed by atoms with van der Waals surface area (Å²) in [6, 6.07) is -0.407. The first-order valence-electron chi connectivity index (χ1n) is 6.64. The number of carbonyl (C=O) groups excluding carboxylic acids is 1.